The summed E-state index contributed by atoms with van der Waals surface area (Å²) in [6.07, 6.45) is 1.72. The Morgan fingerprint density at radius 1 is 1.58 bits per heavy atom. The van der Waals surface area contributed by atoms with Crippen LogP contribution in [0.3, 0.4) is 0 Å². The number of hydrogen-bond acceptors (Lipinski definition) is 3. The van der Waals surface area contributed by atoms with E-state index in [1.165, 1.54) is 12.1 Å². The molecule has 0 aliphatic heterocycles. The third-order valence-electron chi connectivity index (χ3n) is 2.30. The van der Waals surface area contributed by atoms with Gasteiger partial charge in [0.15, 0.2) is 5.16 Å². The average molecular weight is 301 g/mol. The van der Waals surface area contributed by atoms with Crippen LogP contribution in [0.4, 0.5) is 4.39 Å². The maximum atomic E-state index is 13.5. The number of rotatable bonds is 4. The van der Waals surface area contributed by atoms with Crippen LogP contribution in [0, 0.1) is 12.7 Å². The Hall–Kier alpha value is -1.53. The number of carboxylic acids is 1. The van der Waals surface area contributed by atoms with Crippen LogP contribution in [0.25, 0.3) is 5.69 Å². The summed E-state index contributed by atoms with van der Waals surface area (Å²) in [7, 11) is 0. The minimum Gasteiger partial charge on any atom is -0.481 e. The molecule has 0 aliphatic rings. The third kappa shape index (κ3) is 3.27. The van der Waals surface area contributed by atoms with E-state index >= 15 is 0 Å². The molecule has 1 aromatic heterocycles. The predicted octanol–water partition coefficient (Wildman–Crippen LogP) is 3.15. The molecule has 2 aromatic rings. The van der Waals surface area contributed by atoms with Crippen molar-refractivity contribution >= 4 is 29.3 Å². The number of carbonyl (C=O) groups is 1. The maximum Gasteiger partial charge on any atom is 0.313 e. The smallest absolute Gasteiger partial charge is 0.313 e. The minimum absolute atomic E-state index is 0.0420. The molecule has 0 radical (unpaired) electrons. The van der Waals surface area contributed by atoms with Crippen molar-refractivity contribution in [2.45, 2.75) is 12.1 Å². The lowest BCUT2D eigenvalue weighted by molar-refractivity contribution is -0.133. The van der Waals surface area contributed by atoms with Crippen molar-refractivity contribution in [3.63, 3.8) is 0 Å². The Morgan fingerprint density at radius 2 is 2.32 bits per heavy atom. The fourth-order valence-electron chi connectivity index (χ4n) is 1.52. The zero-order valence-electron chi connectivity index (χ0n) is 9.93. The molecule has 7 heteroatoms. The van der Waals surface area contributed by atoms with Crippen LogP contribution < -0.4 is 0 Å². The highest BCUT2D eigenvalue weighted by atomic mass is 35.5. The fraction of sp³-hybridized carbons (Fsp3) is 0.167. The number of thioether (sulfide) groups is 1. The van der Waals surface area contributed by atoms with Crippen LogP contribution in [0.1, 0.15) is 5.69 Å². The molecule has 0 spiro atoms. The van der Waals surface area contributed by atoms with Crippen LogP contribution in [-0.4, -0.2) is 26.4 Å². The van der Waals surface area contributed by atoms with Crippen molar-refractivity contribution in [1.29, 1.82) is 0 Å². The summed E-state index contributed by atoms with van der Waals surface area (Å²) in [5.41, 5.74) is 1.28. The lowest BCUT2D eigenvalue weighted by Gasteiger charge is -2.07. The normalized spacial score (nSPS) is 10.7. The zero-order valence-corrected chi connectivity index (χ0v) is 11.5. The quantitative estimate of drug-likeness (QED) is 0.881. The molecule has 0 unspecified atom stereocenters. The van der Waals surface area contributed by atoms with Crippen LogP contribution >= 0.6 is 23.4 Å². The summed E-state index contributed by atoms with van der Waals surface area (Å²) in [5, 5.41) is 9.23. The molecule has 1 heterocycles. The second-order valence-electron chi connectivity index (χ2n) is 3.82. The first-order valence-electron chi connectivity index (χ1n) is 5.33. The molecule has 2 rings (SSSR count). The van der Waals surface area contributed by atoms with Crippen molar-refractivity contribution < 1.29 is 14.3 Å². The van der Waals surface area contributed by atoms with E-state index in [2.05, 4.69) is 4.98 Å². The number of benzene rings is 1. The highest BCUT2D eigenvalue weighted by Crippen LogP contribution is 2.24. The van der Waals surface area contributed by atoms with E-state index in [0.717, 1.165) is 17.5 Å². The van der Waals surface area contributed by atoms with Gasteiger partial charge in [0.25, 0.3) is 0 Å². The molecule has 0 bridgehead atoms. The van der Waals surface area contributed by atoms with Gasteiger partial charge in [-0.25, -0.2) is 9.37 Å². The number of aryl methyl sites for hydroxylation is 1. The first kappa shape index (κ1) is 13.9. The highest BCUT2D eigenvalue weighted by Gasteiger charge is 2.11. The number of carboxylic acid groups (broad SMARTS) is 1. The third-order valence-corrected chi connectivity index (χ3v) is 3.54. The van der Waals surface area contributed by atoms with Crippen LogP contribution in [-0.2, 0) is 4.79 Å². The van der Waals surface area contributed by atoms with Crippen molar-refractivity contribution in [1.82, 2.24) is 9.55 Å². The second-order valence-corrected chi connectivity index (χ2v) is 5.17. The van der Waals surface area contributed by atoms with Gasteiger partial charge >= 0.3 is 5.97 Å². The molecule has 0 aliphatic carbocycles. The van der Waals surface area contributed by atoms with Gasteiger partial charge in [0.2, 0.25) is 0 Å². The first-order valence-corrected chi connectivity index (χ1v) is 6.69. The summed E-state index contributed by atoms with van der Waals surface area (Å²) in [6, 6.07) is 4.39. The standard InChI is InChI=1S/C12H10ClFN2O2S/c1-7-5-16(12(15-7)19-6-11(17)18)8-2-3-9(13)10(14)4-8/h2-5H,6H2,1H3,(H,17,18). The van der Waals surface area contributed by atoms with Gasteiger partial charge in [-0.1, -0.05) is 23.4 Å². The van der Waals surface area contributed by atoms with Gasteiger partial charge in [0.05, 0.1) is 22.2 Å². The Morgan fingerprint density at radius 3 is 2.95 bits per heavy atom. The van der Waals surface area contributed by atoms with Gasteiger partial charge in [-0.3, -0.25) is 9.36 Å². The van der Waals surface area contributed by atoms with Crippen LogP contribution in [0.5, 0.6) is 0 Å². The van der Waals surface area contributed by atoms with Gasteiger partial charge in [-0.2, -0.15) is 0 Å². The van der Waals surface area contributed by atoms with E-state index in [1.54, 1.807) is 23.8 Å². The van der Waals surface area contributed by atoms with Crippen molar-refractivity contribution in [3.8, 4) is 5.69 Å². The number of aromatic nitrogens is 2. The molecule has 0 fully saturated rings. The van der Waals surface area contributed by atoms with E-state index in [-0.39, 0.29) is 10.8 Å². The summed E-state index contributed by atoms with van der Waals surface area (Å²) in [5.74, 6) is -1.56. The Labute approximate surface area is 118 Å². The van der Waals surface area contributed by atoms with E-state index in [4.69, 9.17) is 16.7 Å². The van der Waals surface area contributed by atoms with Gasteiger partial charge in [0.1, 0.15) is 5.82 Å². The molecule has 4 nitrogen and oxygen atoms in total. The Balaban J connectivity index is 2.37. The molecule has 0 atom stereocenters. The highest BCUT2D eigenvalue weighted by molar-refractivity contribution is 7.99. The molecule has 1 aromatic carbocycles. The van der Waals surface area contributed by atoms with E-state index in [9.17, 15) is 9.18 Å². The van der Waals surface area contributed by atoms with Crippen molar-refractivity contribution in [3.05, 3.63) is 40.9 Å². The van der Waals surface area contributed by atoms with Crippen molar-refractivity contribution in [2.24, 2.45) is 0 Å². The molecule has 19 heavy (non-hydrogen) atoms. The summed E-state index contributed by atoms with van der Waals surface area (Å²) < 4.78 is 15.1. The SMILES string of the molecule is Cc1cn(-c2ccc(Cl)c(F)c2)c(SCC(=O)O)n1. The van der Waals surface area contributed by atoms with E-state index in [0.29, 0.717) is 10.8 Å². The maximum absolute atomic E-state index is 13.5. The van der Waals surface area contributed by atoms with E-state index in [1.807, 2.05) is 0 Å². The second kappa shape index (κ2) is 5.63. The Kier molecular flexibility index (Phi) is 4.11. The molecule has 100 valence electrons. The van der Waals surface area contributed by atoms with Crippen LogP contribution in [0.15, 0.2) is 29.6 Å². The first-order chi connectivity index (χ1) is 8.97. The monoisotopic (exact) mass is 300 g/mol. The lowest BCUT2D eigenvalue weighted by atomic mass is 10.3. The van der Waals surface area contributed by atoms with Gasteiger partial charge < -0.3 is 5.11 Å². The molecular weight excluding hydrogens is 291 g/mol. The number of imidazole rings is 1. The van der Waals surface area contributed by atoms with Gasteiger partial charge in [-0.15, -0.1) is 0 Å². The van der Waals surface area contributed by atoms with E-state index < -0.39 is 11.8 Å². The zero-order chi connectivity index (χ0) is 14.0. The largest absolute Gasteiger partial charge is 0.481 e. The fourth-order valence-corrected chi connectivity index (χ4v) is 2.40. The molecule has 1 N–H and O–H groups in total. The Bertz CT molecular complexity index is 630. The number of aliphatic carboxylic acids is 1. The van der Waals surface area contributed by atoms with Crippen molar-refractivity contribution in [2.75, 3.05) is 5.75 Å². The summed E-state index contributed by atoms with van der Waals surface area (Å²) in [4.78, 5) is 14.8. The number of halogens is 2. The summed E-state index contributed by atoms with van der Waals surface area (Å²) >= 11 is 6.71. The van der Waals surface area contributed by atoms with Gasteiger partial charge in [0, 0.05) is 6.20 Å². The molecule has 0 amide bonds. The number of hydrogen-bond donors (Lipinski definition) is 1. The van der Waals surface area contributed by atoms with Gasteiger partial charge in [-0.05, 0) is 25.1 Å². The predicted molar refractivity (Wildman–Crippen MR) is 71.6 cm³/mol. The lowest BCUT2D eigenvalue weighted by Crippen LogP contribution is -2.01. The van der Waals surface area contributed by atoms with Crippen LogP contribution in [0.2, 0.25) is 5.02 Å². The molecular formula is C12H10ClFN2O2S. The molecule has 0 saturated heterocycles. The topological polar surface area (TPSA) is 55.1 Å². The minimum atomic E-state index is -0.931. The number of nitrogens with zero attached hydrogens (tertiary/aromatic N) is 2. The average Bonchev–Trinajstić information content (AvgIpc) is 2.71. The molecule has 0 saturated carbocycles. The summed E-state index contributed by atoms with van der Waals surface area (Å²) in [6.45, 7) is 1.79.